The summed E-state index contributed by atoms with van der Waals surface area (Å²) in [6.07, 6.45) is 1.00. The van der Waals surface area contributed by atoms with Crippen molar-refractivity contribution < 1.29 is 4.79 Å². The second-order valence-electron chi connectivity index (χ2n) is 5.26. The summed E-state index contributed by atoms with van der Waals surface area (Å²) in [5.74, 6) is 0.196. The van der Waals surface area contributed by atoms with Gasteiger partial charge in [0.05, 0.1) is 24.0 Å². The van der Waals surface area contributed by atoms with Crippen LogP contribution in [0.1, 0.15) is 19.4 Å². The molecule has 4 nitrogen and oxygen atoms in total. The Morgan fingerprint density at radius 2 is 2.16 bits per heavy atom. The monoisotopic (exact) mass is 259 g/mol. The molecule has 2 aliphatic heterocycles. The summed E-state index contributed by atoms with van der Waals surface area (Å²) in [6.45, 7) is 7.58. The number of amides is 1. The summed E-state index contributed by atoms with van der Waals surface area (Å²) in [7, 11) is 0. The van der Waals surface area contributed by atoms with Crippen LogP contribution in [-0.2, 0) is 11.2 Å². The molecule has 1 atom stereocenters. The van der Waals surface area contributed by atoms with Crippen LogP contribution in [0.25, 0.3) is 0 Å². The molecule has 0 bridgehead atoms. The van der Waals surface area contributed by atoms with Crippen molar-refractivity contribution in [3.05, 3.63) is 23.8 Å². The summed E-state index contributed by atoms with van der Waals surface area (Å²) in [5.41, 5.74) is 3.59. The van der Waals surface area contributed by atoms with E-state index < -0.39 is 0 Å². The number of aryl methyl sites for hydroxylation is 1. The molecular formula is C15H21N3O. The van der Waals surface area contributed by atoms with Gasteiger partial charge < -0.3 is 15.1 Å². The van der Waals surface area contributed by atoms with Gasteiger partial charge in [0.25, 0.3) is 0 Å². The van der Waals surface area contributed by atoms with Crippen LogP contribution in [0, 0.1) is 0 Å². The zero-order valence-corrected chi connectivity index (χ0v) is 11.6. The molecule has 0 radical (unpaired) electrons. The number of likely N-dealkylation sites (N-methyl/N-ethyl adjacent to an activating group) is 1. The third kappa shape index (κ3) is 2.00. The summed E-state index contributed by atoms with van der Waals surface area (Å²) >= 11 is 0. The van der Waals surface area contributed by atoms with E-state index in [-0.39, 0.29) is 11.9 Å². The average molecular weight is 259 g/mol. The van der Waals surface area contributed by atoms with Gasteiger partial charge in [-0.3, -0.25) is 4.79 Å². The molecular weight excluding hydrogens is 238 g/mol. The number of carbonyl (C=O) groups excluding carboxylic acids is 1. The number of piperazine rings is 1. The van der Waals surface area contributed by atoms with Crippen molar-refractivity contribution in [3.8, 4) is 0 Å². The first-order chi connectivity index (χ1) is 9.24. The molecule has 1 fully saturated rings. The van der Waals surface area contributed by atoms with Gasteiger partial charge in [0, 0.05) is 19.6 Å². The fourth-order valence-corrected chi connectivity index (χ4v) is 3.10. The molecule has 0 aliphatic carbocycles. The standard InChI is InChI=1S/C15H21N3O/c1-3-11-5-6-13-14(7-11)18-12(10-17(13)4-2)8-16-9-15(18)19/h5-7,12,16H,3-4,8-10H2,1-2H3. The lowest BCUT2D eigenvalue weighted by Gasteiger charge is -2.45. The molecule has 1 unspecified atom stereocenters. The Hall–Kier alpha value is -1.55. The van der Waals surface area contributed by atoms with Gasteiger partial charge >= 0.3 is 0 Å². The number of hydrogen-bond acceptors (Lipinski definition) is 3. The van der Waals surface area contributed by atoms with Gasteiger partial charge in [-0.1, -0.05) is 13.0 Å². The lowest BCUT2D eigenvalue weighted by Crippen LogP contribution is -2.61. The van der Waals surface area contributed by atoms with Gasteiger partial charge in [0.1, 0.15) is 0 Å². The first kappa shape index (κ1) is 12.5. The Bertz CT molecular complexity index is 500. The van der Waals surface area contributed by atoms with Gasteiger partial charge in [0.2, 0.25) is 5.91 Å². The average Bonchev–Trinajstić information content (AvgIpc) is 2.45. The minimum Gasteiger partial charge on any atom is -0.368 e. The van der Waals surface area contributed by atoms with Crippen LogP contribution in [0.4, 0.5) is 11.4 Å². The van der Waals surface area contributed by atoms with E-state index in [9.17, 15) is 4.79 Å². The zero-order chi connectivity index (χ0) is 13.4. The first-order valence-corrected chi connectivity index (χ1v) is 7.15. The Morgan fingerprint density at radius 3 is 2.89 bits per heavy atom. The Labute approximate surface area is 114 Å². The molecule has 4 heteroatoms. The highest BCUT2D eigenvalue weighted by molar-refractivity contribution is 6.00. The maximum absolute atomic E-state index is 12.2. The summed E-state index contributed by atoms with van der Waals surface area (Å²) in [4.78, 5) is 16.6. The number of nitrogens with one attached hydrogen (secondary N) is 1. The van der Waals surface area contributed by atoms with E-state index in [4.69, 9.17) is 0 Å². The highest BCUT2D eigenvalue weighted by Gasteiger charge is 2.36. The minimum atomic E-state index is 0.196. The molecule has 1 saturated heterocycles. The van der Waals surface area contributed by atoms with E-state index in [0.29, 0.717) is 6.54 Å². The number of benzene rings is 1. The Morgan fingerprint density at radius 1 is 1.32 bits per heavy atom. The van der Waals surface area contributed by atoms with Gasteiger partial charge in [-0.15, -0.1) is 0 Å². The molecule has 1 aromatic carbocycles. The van der Waals surface area contributed by atoms with Crippen molar-refractivity contribution in [1.29, 1.82) is 0 Å². The smallest absolute Gasteiger partial charge is 0.241 e. The van der Waals surface area contributed by atoms with Crippen LogP contribution >= 0.6 is 0 Å². The summed E-state index contributed by atoms with van der Waals surface area (Å²) in [6, 6.07) is 6.80. The van der Waals surface area contributed by atoms with E-state index >= 15 is 0 Å². The van der Waals surface area contributed by atoms with Crippen molar-refractivity contribution in [1.82, 2.24) is 5.32 Å². The van der Waals surface area contributed by atoms with Crippen molar-refractivity contribution in [3.63, 3.8) is 0 Å². The number of fused-ring (bicyclic) bond motifs is 3. The molecule has 102 valence electrons. The molecule has 3 rings (SSSR count). The third-order valence-corrected chi connectivity index (χ3v) is 4.15. The van der Waals surface area contributed by atoms with Gasteiger partial charge in [-0.2, -0.15) is 0 Å². The Balaban J connectivity index is 2.09. The van der Waals surface area contributed by atoms with E-state index in [1.807, 2.05) is 4.90 Å². The fourth-order valence-electron chi connectivity index (χ4n) is 3.10. The lowest BCUT2D eigenvalue weighted by atomic mass is 10.0. The van der Waals surface area contributed by atoms with Crippen molar-refractivity contribution >= 4 is 17.3 Å². The molecule has 2 aliphatic rings. The molecule has 19 heavy (non-hydrogen) atoms. The van der Waals surface area contributed by atoms with E-state index in [1.165, 1.54) is 11.3 Å². The lowest BCUT2D eigenvalue weighted by molar-refractivity contribution is -0.119. The molecule has 0 saturated carbocycles. The second-order valence-corrected chi connectivity index (χ2v) is 5.26. The molecule has 0 aromatic heterocycles. The maximum Gasteiger partial charge on any atom is 0.241 e. The van der Waals surface area contributed by atoms with E-state index in [1.54, 1.807) is 0 Å². The molecule has 2 heterocycles. The number of hydrogen-bond donors (Lipinski definition) is 1. The highest BCUT2D eigenvalue weighted by Crippen LogP contribution is 2.37. The summed E-state index contributed by atoms with van der Waals surface area (Å²) < 4.78 is 0. The molecule has 0 spiro atoms. The quantitative estimate of drug-likeness (QED) is 0.872. The number of anilines is 2. The van der Waals surface area contributed by atoms with Crippen molar-refractivity contribution in [2.24, 2.45) is 0 Å². The van der Waals surface area contributed by atoms with Crippen LogP contribution < -0.4 is 15.1 Å². The SMILES string of the molecule is CCc1ccc2c(c1)N1C(=O)CNCC1CN2CC. The van der Waals surface area contributed by atoms with Gasteiger partial charge in [-0.05, 0) is 31.0 Å². The molecule has 1 N–H and O–H groups in total. The van der Waals surface area contributed by atoms with Crippen molar-refractivity contribution in [2.45, 2.75) is 26.3 Å². The van der Waals surface area contributed by atoms with Crippen molar-refractivity contribution in [2.75, 3.05) is 36.0 Å². The first-order valence-electron chi connectivity index (χ1n) is 7.15. The number of nitrogens with zero attached hydrogens (tertiary/aromatic N) is 2. The number of carbonyl (C=O) groups is 1. The van der Waals surface area contributed by atoms with Crippen LogP contribution in [0.5, 0.6) is 0 Å². The Kier molecular flexibility index (Phi) is 3.19. The maximum atomic E-state index is 12.2. The van der Waals surface area contributed by atoms with Crippen LogP contribution in [-0.4, -0.2) is 38.1 Å². The largest absolute Gasteiger partial charge is 0.368 e. The van der Waals surface area contributed by atoms with Crippen LogP contribution in [0.3, 0.4) is 0 Å². The van der Waals surface area contributed by atoms with E-state index in [2.05, 4.69) is 42.3 Å². The van der Waals surface area contributed by atoms with Gasteiger partial charge in [-0.25, -0.2) is 0 Å². The number of rotatable bonds is 2. The predicted octanol–water partition coefficient (Wildman–Crippen LogP) is 1.39. The third-order valence-electron chi connectivity index (χ3n) is 4.15. The summed E-state index contributed by atoms with van der Waals surface area (Å²) in [5, 5.41) is 3.22. The van der Waals surface area contributed by atoms with Gasteiger partial charge in [0.15, 0.2) is 0 Å². The molecule has 1 amide bonds. The predicted molar refractivity (Wildman–Crippen MR) is 77.9 cm³/mol. The fraction of sp³-hybridized carbons (Fsp3) is 0.533. The van der Waals surface area contributed by atoms with E-state index in [0.717, 1.165) is 31.7 Å². The normalized spacial score (nSPS) is 22.2. The molecule has 1 aromatic rings. The zero-order valence-electron chi connectivity index (χ0n) is 11.6. The second kappa shape index (κ2) is 4.85. The minimum absolute atomic E-state index is 0.196. The highest BCUT2D eigenvalue weighted by atomic mass is 16.2. The van der Waals surface area contributed by atoms with Crippen LogP contribution in [0.15, 0.2) is 18.2 Å². The van der Waals surface area contributed by atoms with Crippen LogP contribution in [0.2, 0.25) is 0 Å². The topological polar surface area (TPSA) is 35.6 Å².